The quantitative estimate of drug-likeness (QED) is 0.0284. The van der Waals surface area contributed by atoms with Crippen LogP contribution in [-0.2, 0) is 41.6 Å². The molecule has 84 heavy (non-hydrogen) atoms. The van der Waals surface area contributed by atoms with Gasteiger partial charge in [-0.1, -0.05) is 231 Å². The zero-order chi connectivity index (χ0) is 58.4. The van der Waals surface area contributed by atoms with Gasteiger partial charge in [0.2, 0.25) is 0 Å². The van der Waals surface area contributed by atoms with Crippen LogP contribution < -0.4 is 9.80 Å². The van der Waals surface area contributed by atoms with E-state index < -0.39 is 0 Å². The molecule has 0 aliphatic rings. The topological polar surface area (TPSA) is 24.9 Å². The molecule has 0 aromatic heterocycles. The van der Waals surface area contributed by atoms with Gasteiger partial charge in [-0.15, -0.1) is 0 Å². The summed E-state index contributed by atoms with van der Waals surface area (Å²) < 4.78 is 12.0. The molecule has 0 saturated carbocycles. The van der Waals surface area contributed by atoms with E-state index in [0.29, 0.717) is 6.61 Å². The molecule has 0 aliphatic carbocycles. The number of aryl methyl sites for hydroxylation is 4. The van der Waals surface area contributed by atoms with Crippen LogP contribution in [0.2, 0.25) is 0 Å². The van der Waals surface area contributed by atoms with Crippen molar-refractivity contribution < 1.29 is 9.47 Å². The Kier molecular flexibility index (Phi) is 25.9. The highest BCUT2D eigenvalue weighted by Gasteiger charge is 2.16. The van der Waals surface area contributed by atoms with E-state index in [-0.39, 0.29) is 0 Å². The van der Waals surface area contributed by atoms with Crippen molar-refractivity contribution in [1.82, 2.24) is 0 Å². The molecule has 4 nitrogen and oxygen atoms in total. The molecule has 8 rings (SSSR count). The summed E-state index contributed by atoms with van der Waals surface area (Å²) >= 11 is 0. The average molecular weight is 1120 g/mol. The molecule has 0 radical (unpaired) electrons. The Bertz CT molecular complexity index is 3140. The van der Waals surface area contributed by atoms with E-state index in [1.54, 1.807) is 0 Å². The van der Waals surface area contributed by atoms with Crippen molar-refractivity contribution in [2.45, 2.75) is 149 Å². The van der Waals surface area contributed by atoms with Crippen molar-refractivity contribution >= 4 is 52.0 Å². The van der Waals surface area contributed by atoms with Crippen molar-refractivity contribution in [1.29, 1.82) is 0 Å². The summed E-state index contributed by atoms with van der Waals surface area (Å²) in [6.45, 7) is 18.7. The van der Waals surface area contributed by atoms with Gasteiger partial charge in [0.15, 0.2) is 0 Å². The summed E-state index contributed by atoms with van der Waals surface area (Å²) in [6, 6.07) is 72.1. The van der Waals surface area contributed by atoms with Gasteiger partial charge < -0.3 is 19.3 Å². The molecule has 4 heteroatoms. The van der Waals surface area contributed by atoms with Crippen LogP contribution in [0.5, 0.6) is 0 Å². The fraction of sp³-hybridized carbons (Fsp3) is 0.325. The summed E-state index contributed by atoms with van der Waals surface area (Å²) in [6.07, 6.45) is 28.4. The van der Waals surface area contributed by atoms with Gasteiger partial charge in [0, 0.05) is 46.3 Å². The second-order valence-electron chi connectivity index (χ2n) is 22.8. The predicted molar refractivity (Wildman–Crippen MR) is 364 cm³/mol. The summed E-state index contributed by atoms with van der Waals surface area (Å²) in [5, 5.41) is 0. The minimum atomic E-state index is 0.692. The summed E-state index contributed by atoms with van der Waals surface area (Å²) in [5.41, 5.74) is 19.5. The summed E-state index contributed by atoms with van der Waals surface area (Å²) in [5.74, 6) is 0.735. The van der Waals surface area contributed by atoms with Crippen LogP contribution in [0.3, 0.4) is 0 Å². The molecule has 0 heterocycles. The molecule has 0 fully saturated rings. The molecule has 0 aliphatic heterocycles. The predicted octanol–water partition coefficient (Wildman–Crippen LogP) is 23.0. The molecule has 0 atom stereocenters. The van der Waals surface area contributed by atoms with Gasteiger partial charge >= 0.3 is 0 Å². The fourth-order valence-corrected chi connectivity index (χ4v) is 11.1. The van der Waals surface area contributed by atoms with Gasteiger partial charge in [0.05, 0.1) is 13.2 Å². The monoisotopic (exact) mass is 1110 g/mol. The second-order valence-corrected chi connectivity index (χ2v) is 22.8. The van der Waals surface area contributed by atoms with Crippen LogP contribution in [0.4, 0.5) is 34.1 Å². The molecule has 8 aromatic rings. The lowest BCUT2D eigenvalue weighted by Gasteiger charge is -2.27. The summed E-state index contributed by atoms with van der Waals surface area (Å²) in [7, 11) is 0. The van der Waals surface area contributed by atoms with Crippen molar-refractivity contribution in [2.75, 3.05) is 29.6 Å². The molecule has 0 bridgehead atoms. The Morgan fingerprint density at radius 3 is 0.976 bits per heavy atom. The van der Waals surface area contributed by atoms with E-state index in [1.165, 1.54) is 133 Å². The summed E-state index contributed by atoms with van der Waals surface area (Å²) in [4.78, 5) is 4.82. The first-order valence-corrected chi connectivity index (χ1v) is 31.9. The molecule has 0 spiro atoms. The van der Waals surface area contributed by atoms with E-state index >= 15 is 0 Å². The van der Waals surface area contributed by atoms with Gasteiger partial charge in [0.1, 0.15) is 5.76 Å². The minimum absolute atomic E-state index is 0.692. The molecular formula is C80H94N2O2. The molecule has 0 saturated heterocycles. The number of hydrogen-bond acceptors (Lipinski definition) is 4. The van der Waals surface area contributed by atoms with Crippen LogP contribution in [-0.4, -0.2) is 19.8 Å². The maximum atomic E-state index is 5.99. The van der Waals surface area contributed by atoms with Crippen LogP contribution in [0.15, 0.2) is 214 Å². The number of ether oxygens (including phenoxy) is 2. The maximum Gasteiger partial charge on any atom is 0.119 e. The third kappa shape index (κ3) is 19.7. The Labute approximate surface area is 506 Å². The first kappa shape index (κ1) is 62.4. The van der Waals surface area contributed by atoms with Crippen molar-refractivity contribution in [3.05, 3.63) is 258 Å². The lowest BCUT2D eigenvalue weighted by molar-refractivity contribution is 0.133. The number of unbranched alkanes of at least 4 members (excludes halogenated alkanes) is 12. The molecule has 436 valence electrons. The maximum absolute atomic E-state index is 5.99. The van der Waals surface area contributed by atoms with E-state index in [1.807, 2.05) is 36.4 Å². The van der Waals surface area contributed by atoms with E-state index in [4.69, 9.17) is 9.47 Å². The third-order valence-electron chi connectivity index (χ3n) is 16.4. The van der Waals surface area contributed by atoms with Gasteiger partial charge in [-0.25, -0.2) is 0 Å². The lowest BCUT2D eigenvalue weighted by Crippen LogP contribution is -2.10. The van der Waals surface area contributed by atoms with Gasteiger partial charge in [0.25, 0.3) is 0 Å². The largest absolute Gasteiger partial charge is 0.494 e. The zero-order valence-corrected chi connectivity index (χ0v) is 50.9. The number of anilines is 6. The molecule has 0 amide bonds. The highest BCUT2D eigenvalue weighted by atomic mass is 16.5. The highest BCUT2D eigenvalue weighted by Crippen LogP contribution is 2.39. The van der Waals surface area contributed by atoms with Crippen LogP contribution >= 0.6 is 0 Å². The normalized spacial score (nSPS) is 11.1. The van der Waals surface area contributed by atoms with Crippen LogP contribution in [0.25, 0.3) is 29.0 Å². The standard InChI is InChI=1S/C80H94N2O2/c1-6-10-12-18-24-67-34-48-75(49-35-67)81(77-52-38-69(39-53-77)26-20-14-16-22-61-83-63-60-71-30-28-65(8-3)29-31-71)79-56-44-73(45-57-79)74-46-58-80(59-47-74)82(76-50-36-68(37-51-76)25-19-13-11-7-2)78-54-40-70(41-55-78)27-21-15-17-23-62-84-64(5)72-42-32-66(9-4)33-43-72/h8-9,28-59H,3-7,10-27,60-63H2,1-2H3. The fourth-order valence-electron chi connectivity index (χ4n) is 11.1. The lowest BCUT2D eigenvalue weighted by atomic mass is 10.0. The molecular weight excluding hydrogens is 1020 g/mol. The molecule has 0 unspecified atom stereocenters. The Balaban J connectivity index is 0.897. The first-order valence-electron chi connectivity index (χ1n) is 31.9. The van der Waals surface area contributed by atoms with E-state index in [0.717, 1.165) is 111 Å². The highest BCUT2D eigenvalue weighted by molar-refractivity contribution is 5.81. The molecule has 0 N–H and O–H groups in total. The van der Waals surface area contributed by atoms with Crippen LogP contribution in [0.1, 0.15) is 161 Å². The van der Waals surface area contributed by atoms with Crippen molar-refractivity contribution in [3.8, 4) is 11.1 Å². The zero-order valence-electron chi connectivity index (χ0n) is 50.9. The Hall–Kier alpha value is -7.66. The SMILES string of the molecule is C=Cc1ccc(CCOCCCCCCc2ccc(N(c3ccc(CCCCCC)cc3)c3ccc(-c4ccc(N(c5ccc(CCCCCC)cc5)c5ccc(CCCCCCOC(=C)c6ccc(C=C)cc6)cc5)cc4)cc3)cc2)cc1. The van der Waals surface area contributed by atoms with Crippen LogP contribution in [0, 0.1) is 0 Å². The minimum Gasteiger partial charge on any atom is -0.494 e. The van der Waals surface area contributed by atoms with Gasteiger partial charge in [-0.2, -0.15) is 0 Å². The van der Waals surface area contributed by atoms with Gasteiger partial charge in [-0.3, -0.25) is 0 Å². The first-order chi connectivity index (χ1) is 41.4. The average Bonchev–Trinajstić information content (AvgIpc) is 3.69. The van der Waals surface area contributed by atoms with E-state index in [2.05, 4.69) is 213 Å². The van der Waals surface area contributed by atoms with Crippen molar-refractivity contribution in [2.24, 2.45) is 0 Å². The number of benzene rings is 8. The molecule has 8 aromatic carbocycles. The number of hydrogen-bond donors (Lipinski definition) is 0. The smallest absolute Gasteiger partial charge is 0.119 e. The van der Waals surface area contributed by atoms with E-state index in [9.17, 15) is 0 Å². The third-order valence-corrected chi connectivity index (χ3v) is 16.4. The van der Waals surface area contributed by atoms with Gasteiger partial charge in [-0.05, 0) is 193 Å². The Morgan fingerprint density at radius 1 is 0.321 bits per heavy atom. The van der Waals surface area contributed by atoms with Crippen molar-refractivity contribution in [3.63, 3.8) is 0 Å². The second kappa shape index (κ2) is 34.8. The number of rotatable bonds is 38. The number of nitrogens with zero attached hydrogens (tertiary/aromatic N) is 2. The Morgan fingerprint density at radius 2 is 0.619 bits per heavy atom.